The molecule has 1 aromatic heterocycles. The molecule has 0 bridgehead atoms. The lowest BCUT2D eigenvalue weighted by atomic mass is 10.1. The Morgan fingerprint density at radius 2 is 1.82 bits per heavy atom. The Morgan fingerprint density at radius 1 is 1.14 bits per heavy atom. The highest BCUT2D eigenvalue weighted by molar-refractivity contribution is 5.91. The third kappa shape index (κ3) is 3.43. The van der Waals surface area contributed by atoms with E-state index >= 15 is 0 Å². The van der Waals surface area contributed by atoms with Crippen LogP contribution in [0.1, 0.15) is 36.2 Å². The highest BCUT2D eigenvalue weighted by Crippen LogP contribution is 2.23. The topological polar surface area (TPSA) is 65.8 Å². The van der Waals surface area contributed by atoms with Gasteiger partial charge < -0.3 is 19.5 Å². The number of carbonyl (C=O) groups is 2. The van der Waals surface area contributed by atoms with Gasteiger partial charge >= 0.3 is 6.03 Å². The molecule has 1 aromatic rings. The molecule has 0 radical (unpaired) electrons. The maximum atomic E-state index is 12.2. The van der Waals surface area contributed by atoms with Crippen LogP contribution in [0.4, 0.5) is 4.79 Å². The zero-order valence-electron chi connectivity index (χ0n) is 12.8. The van der Waals surface area contributed by atoms with Crippen LogP contribution in [-0.2, 0) is 0 Å². The predicted octanol–water partition coefficient (Wildman–Crippen LogP) is 1.94. The van der Waals surface area contributed by atoms with Gasteiger partial charge in [-0.1, -0.05) is 12.8 Å². The molecule has 0 unspecified atom stereocenters. The minimum atomic E-state index is -0.101. The van der Waals surface area contributed by atoms with Gasteiger partial charge in [-0.15, -0.1) is 0 Å². The fourth-order valence-corrected chi connectivity index (χ4v) is 3.23. The van der Waals surface area contributed by atoms with Crippen LogP contribution in [0.15, 0.2) is 22.8 Å². The smallest absolute Gasteiger partial charge is 0.317 e. The first-order valence-electron chi connectivity index (χ1n) is 8.09. The highest BCUT2D eigenvalue weighted by Gasteiger charge is 2.26. The molecule has 0 spiro atoms. The third-order valence-electron chi connectivity index (χ3n) is 4.60. The van der Waals surface area contributed by atoms with Crippen LogP contribution < -0.4 is 5.32 Å². The number of urea groups is 1. The highest BCUT2D eigenvalue weighted by atomic mass is 16.3. The fourth-order valence-electron chi connectivity index (χ4n) is 3.23. The van der Waals surface area contributed by atoms with Crippen LogP contribution in [-0.4, -0.2) is 54.5 Å². The monoisotopic (exact) mass is 305 g/mol. The number of nitrogens with zero attached hydrogens (tertiary/aromatic N) is 2. The summed E-state index contributed by atoms with van der Waals surface area (Å²) in [4.78, 5) is 27.8. The summed E-state index contributed by atoms with van der Waals surface area (Å²) in [6, 6.07) is 3.38. The van der Waals surface area contributed by atoms with Crippen LogP contribution in [0.25, 0.3) is 0 Å². The number of rotatable bonds is 3. The molecule has 1 saturated carbocycles. The normalized spacial score (nSPS) is 19.5. The van der Waals surface area contributed by atoms with Gasteiger partial charge in [0.1, 0.15) is 0 Å². The Bertz CT molecular complexity index is 501. The van der Waals surface area contributed by atoms with E-state index in [4.69, 9.17) is 4.42 Å². The van der Waals surface area contributed by atoms with E-state index in [1.165, 1.54) is 31.9 Å². The van der Waals surface area contributed by atoms with E-state index in [1.807, 2.05) is 0 Å². The molecule has 3 rings (SSSR count). The average molecular weight is 305 g/mol. The van der Waals surface area contributed by atoms with E-state index < -0.39 is 0 Å². The van der Waals surface area contributed by atoms with Crippen molar-refractivity contribution in [1.29, 1.82) is 0 Å². The van der Waals surface area contributed by atoms with E-state index in [9.17, 15) is 9.59 Å². The van der Waals surface area contributed by atoms with Crippen molar-refractivity contribution < 1.29 is 14.0 Å². The molecule has 0 atom stereocenters. The molecule has 0 aromatic carbocycles. The van der Waals surface area contributed by atoms with E-state index in [0.717, 1.165) is 6.54 Å². The molecule has 120 valence electrons. The minimum absolute atomic E-state index is 0.00278. The lowest BCUT2D eigenvalue weighted by molar-refractivity contribution is 0.0633. The zero-order chi connectivity index (χ0) is 15.4. The number of hydrogen-bond donors (Lipinski definition) is 1. The van der Waals surface area contributed by atoms with Crippen LogP contribution in [0.5, 0.6) is 0 Å². The molecule has 6 nitrogen and oxygen atoms in total. The van der Waals surface area contributed by atoms with Gasteiger partial charge in [-0.25, -0.2) is 4.79 Å². The van der Waals surface area contributed by atoms with Crippen LogP contribution in [0, 0.1) is 5.92 Å². The summed E-state index contributed by atoms with van der Waals surface area (Å²) < 4.78 is 5.13. The van der Waals surface area contributed by atoms with Gasteiger partial charge in [0.2, 0.25) is 0 Å². The summed E-state index contributed by atoms with van der Waals surface area (Å²) in [5.41, 5.74) is 0. The fraction of sp³-hybridized carbons (Fsp3) is 0.625. The quantitative estimate of drug-likeness (QED) is 0.928. The first kappa shape index (κ1) is 14.9. The summed E-state index contributed by atoms with van der Waals surface area (Å²) in [6.45, 7) is 3.03. The second kappa shape index (κ2) is 6.85. The van der Waals surface area contributed by atoms with E-state index in [0.29, 0.717) is 37.9 Å². The maximum Gasteiger partial charge on any atom is 0.317 e. The molecule has 1 N–H and O–H groups in total. The molecule has 1 aliphatic carbocycles. The Balaban J connectivity index is 1.42. The van der Waals surface area contributed by atoms with Crippen molar-refractivity contribution in [3.8, 4) is 0 Å². The number of furan rings is 1. The SMILES string of the molecule is O=C(NCC1CCCC1)N1CCN(C(=O)c2ccco2)CC1. The average Bonchev–Trinajstić information content (AvgIpc) is 3.25. The molecule has 2 fully saturated rings. The Labute approximate surface area is 130 Å². The summed E-state index contributed by atoms with van der Waals surface area (Å²) in [5.74, 6) is 0.904. The van der Waals surface area contributed by atoms with Crippen molar-refractivity contribution >= 4 is 11.9 Å². The summed E-state index contributed by atoms with van der Waals surface area (Å²) in [6.07, 6.45) is 6.53. The number of hydrogen-bond acceptors (Lipinski definition) is 3. The van der Waals surface area contributed by atoms with E-state index in [1.54, 1.807) is 21.9 Å². The molecule has 22 heavy (non-hydrogen) atoms. The van der Waals surface area contributed by atoms with Crippen molar-refractivity contribution in [3.05, 3.63) is 24.2 Å². The van der Waals surface area contributed by atoms with Crippen molar-refractivity contribution in [3.63, 3.8) is 0 Å². The Morgan fingerprint density at radius 3 is 2.45 bits per heavy atom. The van der Waals surface area contributed by atoms with Gasteiger partial charge in [0, 0.05) is 32.7 Å². The van der Waals surface area contributed by atoms with Crippen LogP contribution >= 0.6 is 0 Å². The summed E-state index contributed by atoms with van der Waals surface area (Å²) in [7, 11) is 0. The third-order valence-corrected chi connectivity index (χ3v) is 4.60. The van der Waals surface area contributed by atoms with E-state index in [-0.39, 0.29) is 11.9 Å². The summed E-state index contributed by atoms with van der Waals surface area (Å²) in [5, 5.41) is 3.03. The number of carbonyl (C=O) groups excluding carboxylic acids is 2. The molecular formula is C16H23N3O3. The van der Waals surface area contributed by atoms with Crippen molar-refractivity contribution in [2.75, 3.05) is 32.7 Å². The predicted molar refractivity (Wildman–Crippen MR) is 81.5 cm³/mol. The Kier molecular flexibility index (Phi) is 4.65. The zero-order valence-corrected chi connectivity index (χ0v) is 12.8. The van der Waals surface area contributed by atoms with Crippen molar-refractivity contribution in [2.24, 2.45) is 5.92 Å². The molecular weight excluding hydrogens is 282 g/mol. The second-order valence-corrected chi connectivity index (χ2v) is 6.09. The molecule has 2 aliphatic rings. The number of nitrogens with one attached hydrogen (secondary N) is 1. The molecule has 2 heterocycles. The molecule has 3 amide bonds. The van der Waals surface area contributed by atoms with Gasteiger partial charge in [0.15, 0.2) is 5.76 Å². The van der Waals surface area contributed by atoms with Crippen LogP contribution in [0.3, 0.4) is 0 Å². The standard InChI is InChI=1S/C16H23N3O3/c20-15(14-6-3-11-22-14)18-7-9-19(10-8-18)16(21)17-12-13-4-1-2-5-13/h3,6,11,13H,1-2,4-5,7-10,12H2,(H,17,21). The second-order valence-electron chi connectivity index (χ2n) is 6.09. The van der Waals surface area contributed by atoms with Gasteiger partial charge in [-0.2, -0.15) is 0 Å². The van der Waals surface area contributed by atoms with Gasteiger partial charge in [-0.05, 0) is 30.9 Å². The minimum Gasteiger partial charge on any atom is -0.459 e. The van der Waals surface area contributed by atoms with Gasteiger partial charge in [0.05, 0.1) is 6.26 Å². The Hall–Kier alpha value is -1.98. The largest absolute Gasteiger partial charge is 0.459 e. The van der Waals surface area contributed by atoms with Crippen LogP contribution in [0.2, 0.25) is 0 Å². The molecule has 1 saturated heterocycles. The van der Waals surface area contributed by atoms with Crippen molar-refractivity contribution in [1.82, 2.24) is 15.1 Å². The first-order chi connectivity index (χ1) is 10.7. The maximum absolute atomic E-state index is 12.2. The van der Waals surface area contributed by atoms with Gasteiger partial charge in [0.25, 0.3) is 5.91 Å². The van der Waals surface area contributed by atoms with Gasteiger partial charge in [-0.3, -0.25) is 4.79 Å². The lowest BCUT2D eigenvalue weighted by Gasteiger charge is -2.34. The van der Waals surface area contributed by atoms with Crippen molar-refractivity contribution in [2.45, 2.75) is 25.7 Å². The molecule has 1 aliphatic heterocycles. The van der Waals surface area contributed by atoms with E-state index in [2.05, 4.69) is 5.32 Å². The number of amides is 3. The summed E-state index contributed by atoms with van der Waals surface area (Å²) >= 11 is 0. The molecule has 6 heteroatoms. The number of piperazine rings is 1. The lowest BCUT2D eigenvalue weighted by Crippen LogP contribution is -2.53. The first-order valence-corrected chi connectivity index (χ1v) is 8.09.